The van der Waals surface area contributed by atoms with Gasteiger partial charge in [-0.3, -0.25) is 14.6 Å². The summed E-state index contributed by atoms with van der Waals surface area (Å²) in [6.07, 6.45) is 10.1. The first kappa shape index (κ1) is 50.8. The molecule has 2 N–H and O–H groups in total. The van der Waals surface area contributed by atoms with E-state index in [4.69, 9.17) is 10.5 Å². The molecule has 8 aromatic rings. The molecular weight excluding hydrogens is 937 g/mol. The number of carbonyl (C=O) groups is 4. The zero-order valence-corrected chi connectivity index (χ0v) is 42.1. The molecule has 0 unspecified atom stereocenters. The number of ketones is 1. The van der Waals surface area contributed by atoms with E-state index >= 15 is 0 Å². The third-order valence-corrected chi connectivity index (χ3v) is 14.2. The molecule has 0 radical (unpaired) electrons. The van der Waals surface area contributed by atoms with Gasteiger partial charge in [0, 0.05) is 103 Å². The van der Waals surface area contributed by atoms with Crippen molar-refractivity contribution >= 4 is 57.0 Å². The lowest BCUT2D eigenvalue weighted by atomic mass is 10.0. The predicted octanol–water partition coefficient (Wildman–Crippen LogP) is 12.1. The second kappa shape index (κ2) is 22.8. The Bertz CT molecular complexity index is 3100. The van der Waals surface area contributed by atoms with Gasteiger partial charge in [0.15, 0.2) is 5.78 Å². The number of piperidine rings is 2. The van der Waals surface area contributed by atoms with Gasteiger partial charge in [-0.1, -0.05) is 54.6 Å². The molecule has 2 aliphatic rings. The number of amides is 4. The SMILES string of the molecule is COC(=O)c1ccc(CN(C(=O)N2CCCCC2)c2ccc(-c3ccc4c(ccn4C)c3)cc2)c(F)c1.Cn1ccc2cc(-c3ccc(N(Cc4ccc(C(=O)CN)cc4F)C(=O)N4CCCCC4)cc3)ccc21. The first-order chi connectivity index (χ1) is 35.9. The highest BCUT2D eigenvalue weighted by molar-refractivity contribution is 5.98. The van der Waals surface area contributed by atoms with Gasteiger partial charge in [0.2, 0.25) is 0 Å². The number of fused-ring (bicyclic) bond motifs is 2. The first-order valence-electron chi connectivity index (χ1n) is 25.2. The Morgan fingerprint density at radius 1 is 0.514 bits per heavy atom. The molecule has 6 aromatic carbocycles. The summed E-state index contributed by atoms with van der Waals surface area (Å²) in [5, 5.41) is 2.33. The highest BCUT2D eigenvalue weighted by Crippen LogP contribution is 2.31. The van der Waals surface area contributed by atoms with Crippen LogP contribution in [0.25, 0.3) is 44.1 Å². The van der Waals surface area contributed by atoms with Crippen molar-refractivity contribution in [3.63, 3.8) is 0 Å². The maximum atomic E-state index is 15.0. The predicted molar refractivity (Wildman–Crippen MR) is 288 cm³/mol. The van der Waals surface area contributed by atoms with Crippen LogP contribution in [0.5, 0.6) is 0 Å². The van der Waals surface area contributed by atoms with Crippen molar-refractivity contribution in [2.45, 2.75) is 51.6 Å². The lowest BCUT2D eigenvalue weighted by molar-refractivity contribution is 0.0600. The van der Waals surface area contributed by atoms with Crippen LogP contribution in [0.15, 0.2) is 146 Å². The second-order valence-electron chi connectivity index (χ2n) is 19.1. The minimum Gasteiger partial charge on any atom is -0.465 e. The number of aromatic nitrogens is 2. The van der Waals surface area contributed by atoms with Crippen molar-refractivity contribution in [1.29, 1.82) is 0 Å². The number of nitrogens with zero attached hydrogens (tertiary/aromatic N) is 6. The largest absolute Gasteiger partial charge is 0.465 e. The smallest absolute Gasteiger partial charge is 0.337 e. The maximum Gasteiger partial charge on any atom is 0.337 e. The van der Waals surface area contributed by atoms with Crippen molar-refractivity contribution in [2.24, 2.45) is 19.8 Å². The second-order valence-corrected chi connectivity index (χ2v) is 19.1. The number of Topliss-reactive ketones (excluding diaryl/α,β-unsaturated/α-hetero) is 1. The van der Waals surface area contributed by atoms with Gasteiger partial charge in [-0.25, -0.2) is 23.2 Å². The standard InChI is InChI=1S/C30H31FN4O2.C30H30FN3O3/c1-33-16-13-23-17-22(9-12-28(23)33)21-7-10-26(11-8-21)35(30(37)34-14-3-2-4-15-34)20-25-6-5-24(18-27(25)31)29(36)19-32;1-32-17-14-23-18-22(10-13-28(23)32)21-8-11-26(12-9-21)34(30(36)33-15-4-3-5-16-33)20-25-7-6-24(19-27(25)31)29(35)37-2/h5-13,16-18H,2-4,14-15,19-20,32H2,1H3;6-14,17-19H,3-5,15-16,20H2,1-2H3. The van der Waals surface area contributed by atoms with E-state index in [1.54, 1.807) is 28.0 Å². The van der Waals surface area contributed by atoms with Gasteiger partial charge < -0.3 is 29.4 Å². The summed E-state index contributed by atoms with van der Waals surface area (Å²) in [5.41, 5.74) is 14.4. The molecule has 2 saturated heterocycles. The molecule has 2 fully saturated rings. The van der Waals surface area contributed by atoms with E-state index in [9.17, 15) is 28.0 Å². The minimum absolute atomic E-state index is 0.0535. The fourth-order valence-electron chi connectivity index (χ4n) is 9.87. The molecule has 0 bridgehead atoms. The zero-order valence-electron chi connectivity index (χ0n) is 42.1. The number of anilines is 2. The molecule has 2 aromatic heterocycles. The summed E-state index contributed by atoms with van der Waals surface area (Å²) in [7, 11) is 5.31. The van der Waals surface area contributed by atoms with Crippen molar-refractivity contribution < 1.29 is 32.7 Å². The molecule has 0 aliphatic carbocycles. The van der Waals surface area contributed by atoms with Gasteiger partial charge >= 0.3 is 18.0 Å². The molecule has 0 spiro atoms. The Labute approximate surface area is 430 Å². The van der Waals surface area contributed by atoms with E-state index in [1.165, 1.54) is 30.3 Å². The first-order valence-corrected chi connectivity index (χ1v) is 25.2. The fraction of sp³-hybridized carbons (Fsp3) is 0.267. The topological polar surface area (TPSA) is 126 Å². The summed E-state index contributed by atoms with van der Waals surface area (Å²) >= 11 is 0. The molecule has 12 nitrogen and oxygen atoms in total. The van der Waals surface area contributed by atoms with Crippen molar-refractivity contribution in [2.75, 3.05) is 49.6 Å². The third kappa shape index (κ3) is 11.3. The quantitative estimate of drug-likeness (QED) is 0.102. The van der Waals surface area contributed by atoms with Crippen LogP contribution in [-0.2, 0) is 31.9 Å². The Kier molecular flexibility index (Phi) is 15.6. The van der Waals surface area contributed by atoms with E-state index in [0.717, 1.165) is 77.6 Å². The monoisotopic (exact) mass is 997 g/mol. The van der Waals surface area contributed by atoms with E-state index < -0.39 is 17.6 Å². The molecule has 4 heterocycles. The van der Waals surface area contributed by atoms with Crippen LogP contribution in [-0.4, -0.2) is 82.6 Å². The van der Waals surface area contributed by atoms with Crippen LogP contribution in [0.2, 0.25) is 0 Å². The number of urea groups is 2. The number of hydrogen-bond donors (Lipinski definition) is 1. The molecule has 10 rings (SSSR count). The molecule has 0 atom stereocenters. The minimum atomic E-state index is -0.601. The molecule has 4 amide bonds. The normalized spacial score (nSPS) is 13.6. The fourth-order valence-corrected chi connectivity index (χ4v) is 9.87. The Morgan fingerprint density at radius 2 is 0.919 bits per heavy atom. The number of benzene rings is 6. The number of ether oxygens (including phenoxy) is 1. The number of nitrogens with two attached hydrogens (primary N) is 1. The zero-order chi connectivity index (χ0) is 51.9. The van der Waals surface area contributed by atoms with Crippen LogP contribution < -0.4 is 15.5 Å². The van der Waals surface area contributed by atoms with Gasteiger partial charge in [-0.05, 0) is 140 Å². The van der Waals surface area contributed by atoms with Crippen LogP contribution in [0.1, 0.15) is 70.4 Å². The van der Waals surface area contributed by atoms with E-state index in [2.05, 4.69) is 57.7 Å². The molecule has 2 aliphatic heterocycles. The summed E-state index contributed by atoms with van der Waals surface area (Å²) in [6.45, 7) is 2.70. The van der Waals surface area contributed by atoms with E-state index in [1.807, 2.05) is 84.8 Å². The highest BCUT2D eigenvalue weighted by atomic mass is 19.1. The van der Waals surface area contributed by atoms with Gasteiger partial charge in [0.1, 0.15) is 11.6 Å². The van der Waals surface area contributed by atoms with Gasteiger partial charge in [-0.2, -0.15) is 0 Å². The Morgan fingerprint density at radius 3 is 1.32 bits per heavy atom. The number of methoxy groups -OCH3 is 1. The van der Waals surface area contributed by atoms with Gasteiger partial charge in [0.05, 0.1) is 32.3 Å². The summed E-state index contributed by atoms with van der Waals surface area (Å²) < 4.78 is 38.8. The van der Waals surface area contributed by atoms with Gasteiger partial charge in [0.25, 0.3) is 0 Å². The number of esters is 1. The van der Waals surface area contributed by atoms with Crippen molar-refractivity contribution in [3.8, 4) is 22.3 Å². The number of aryl methyl sites for hydroxylation is 2. The maximum absolute atomic E-state index is 15.0. The lowest BCUT2D eigenvalue weighted by Gasteiger charge is -2.33. The number of rotatable bonds is 11. The van der Waals surface area contributed by atoms with Crippen LogP contribution in [0.4, 0.5) is 29.7 Å². The van der Waals surface area contributed by atoms with Crippen LogP contribution in [0.3, 0.4) is 0 Å². The number of halogens is 2. The molecule has 0 saturated carbocycles. The van der Waals surface area contributed by atoms with Gasteiger partial charge in [-0.15, -0.1) is 0 Å². The van der Waals surface area contributed by atoms with Crippen LogP contribution >= 0.6 is 0 Å². The Hall–Kier alpha value is -8.10. The summed E-state index contributed by atoms with van der Waals surface area (Å²) in [6, 6.07) is 40.8. The molecule has 380 valence electrons. The average Bonchev–Trinajstić information content (AvgIpc) is 4.02. The summed E-state index contributed by atoms with van der Waals surface area (Å²) in [5.74, 6) is -2.00. The van der Waals surface area contributed by atoms with Crippen molar-refractivity contribution in [3.05, 3.63) is 180 Å². The molecule has 14 heteroatoms. The van der Waals surface area contributed by atoms with Crippen molar-refractivity contribution in [1.82, 2.24) is 18.9 Å². The molecule has 74 heavy (non-hydrogen) atoms. The lowest BCUT2D eigenvalue weighted by Crippen LogP contribution is -2.45. The third-order valence-electron chi connectivity index (χ3n) is 14.2. The van der Waals surface area contributed by atoms with E-state index in [0.29, 0.717) is 48.7 Å². The van der Waals surface area contributed by atoms with Crippen LogP contribution in [0, 0.1) is 11.6 Å². The molecular formula is C60H61F2N7O5. The average molecular weight is 998 g/mol. The number of likely N-dealkylation sites (tertiary alicyclic amines) is 2. The van der Waals surface area contributed by atoms with E-state index in [-0.39, 0.29) is 48.6 Å². The Balaban J connectivity index is 0.000000182. The summed E-state index contributed by atoms with van der Waals surface area (Å²) in [4.78, 5) is 57.8. The highest BCUT2D eigenvalue weighted by Gasteiger charge is 2.27. The number of hydrogen-bond acceptors (Lipinski definition) is 6. The number of carbonyl (C=O) groups excluding carboxylic acids is 4.